The zero-order valence-corrected chi connectivity index (χ0v) is 11.1. The first-order chi connectivity index (χ1) is 7.80. The predicted octanol–water partition coefficient (Wildman–Crippen LogP) is 2.37. The van der Waals surface area contributed by atoms with Gasteiger partial charge in [0.1, 0.15) is 11.3 Å². The van der Waals surface area contributed by atoms with Crippen LogP contribution in [0.1, 0.15) is 41.0 Å². The van der Waals surface area contributed by atoms with Crippen LogP contribution in [0.15, 0.2) is 11.8 Å². The summed E-state index contributed by atoms with van der Waals surface area (Å²) < 4.78 is 9.85. The third-order valence-electron chi connectivity index (χ3n) is 1.54. The lowest BCUT2D eigenvalue weighted by Crippen LogP contribution is -2.34. The van der Waals surface area contributed by atoms with Gasteiger partial charge >= 0.3 is 12.1 Å². The highest BCUT2D eigenvalue weighted by Gasteiger charge is 2.19. The number of hydrogen-bond acceptors (Lipinski definition) is 4. The van der Waals surface area contributed by atoms with Gasteiger partial charge in [0, 0.05) is 0 Å². The molecule has 0 atom stereocenters. The van der Waals surface area contributed by atoms with Gasteiger partial charge in [0.05, 0.1) is 6.61 Å². The predicted molar refractivity (Wildman–Crippen MR) is 64.4 cm³/mol. The number of hydrogen-bond donors (Lipinski definition) is 1. The van der Waals surface area contributed by atoms with Gasteiger partial charge in [-0.15, -0.1) is 0 Å². The molecule has 5 nitrogen and oxygen atoms in total. The van der Waals surface area contributed by atoms with Crippen molar-refractivity contribution in [2.24, 2.45) is 0 Å². The molecule has 5 heteroatoms. The number of rotatable bonds is 4. The van der Waals surface area contributed by atoms with E-state index < -0.39 is 17.7 Å². The fraction of sp³-hybridized carbons (Fsp3) is 0.667. The Morgan fingerprint density at radius 2 is 1.82 bits per heavy atom. The standard InChI is InChI=1S/C12H21NO4/c1-6-8-9(10(14)16-7-2)13-11(15)17-12(3,4)5/h8H,6-7H2,1-5H3,(H,13,15)/b9-8-. The number of carbonyl (C=O) groups excluding carboxylic acids is 2. The van der Waals surface area contributed by atoms with Crippen molar-refractivity contribution < 1.29 is 19.1 Å². The average molecular weight is 243 g/mol. The van der Waals surface area contributed by atoms with Crippen molar-refractivity contribution in [3.05, 3.63) is 11.8 Å². The van der Waals surface area contributed by atoms with E-state index in [0.29, 0.717) is 6.42 Å². The van der Waals surface area contributed by atoms with Crippen molar-refractivity contribution in [2.45, 2.75) is 46.6 Å². The van der Waals surface area contributed by atoms with Gasteiger partial charge in [-0.05, 0) is 34.1 Å². The maximum Gasteiger partial charge on any atom is 0.412 e. The fourth-order valence-electron chi connectivity index (χ4n) is 1.01. The Balaban J connectivity index is 4.52. The lowest BCUT2D eigenvalue weighted by atomic mass is 10.2. The molecule has 0 aromatic rings. The maximum absolute atomic E-state index is 11.5. The Labute approximate surface area is 102 Å². The molecule has 1 amide bonds. The molecule has 0 aliphatic rings. The van der Waals surface area contributed by atoms with Crippen LogP contribution in [0.2, 0.25) is 0 Å². The van der Waals surface area contributed by atoms with Crippen molar-refractivity contribution in [3.8, 4) is 0 Å². The Hall–Kier alpha value is -1.52. The fourth-order valence-corrected chi connectivity index (χ4v) is 1.01. The summed E-state index contributed by atoms with van der Waals surface area (Å²) in [6, 6.07) is 0. The summed E-state index contributed by atoms with van der Waals surface area (Å²) in [7, 11) is 0. The lowest BCUT2D eigenvalue weighted by Gasteiger charge is -2.20. The lowest BCUT2D eigenvalue weighted by molar-refractivity contribution is -0.139. The summed E-state index contributed by atoms with van der Waals surface area (Å²) >= 11 is 0. The molecule has 0 aromatic heterocycles. The molecule has 0 rings (SSSR count). The van der Waals surface area contributed by atoms with Gasteiger partial charge in [0.2, 0.25) is 0 Å². The smallest absolute Gasteiger partial charge is 0.412 e. The average Bonchev–Trinajstić information content (AvgIpc) is 2.14. The summed E-state index contributed by atoms with van der Waals surface area (Å²) in [4.78, 5) is 22.9. The Kier molecular flexibility index (Phi) is 6.31. The zero-order chi connectivity index (χ0) is 13.5. The van der Waals surface area contributed by atoms with Crippen molar-refractivity contribution in [2.75, 3.05) is 6.61 Å². The molecular weight excluding hydrogens is 222 g/mol. The van der Waals surface area contributed by atoms with Crippen LogP contribution in [0.5, 0.6) is 0 Å². The van der Waals surface area contributed by atoms with E-state index in [4.69, 9.17) is 9.47 Å². The van der Waals surface area contributed by atoms with Gasteiger partial charge < -0.3 is 9.47 Å². The van der Waals surface area contributed by atoms with Crippen LogP contribution >= 0.6 is 0 Å². The van der Waals surface area contributed by atoms with E-state index in [9.17, 15) is 9.59 Å². The largest absolute Gasteiger partial charge is 0.461 e. The Morgan fingerprint density at radius 3 is 2.24 bits per heavy atom. The molecule has 17 heavy (non-hydrogen) atoms. The minimum absolute atomic E-state index is 0.114. The van der Waals surface area contributed by atoms with Crippen LogP contribution in [0, 0.1) is 0 Å². The number of esters is 1. The van der Waals surface area contributed by atoms with E-state index >= 15 is 0 Å². The molecule has 0 aromatic carbocycles. The van der Waals surface area contributed by atoms with Crippen molar-refractivity contribution >= 4 is 12.1 Å². The maximum atomic E-state index is 11.5. The normalized spacial score (nSPS) is 11.9. The molecule has 0 aliphatic carbocycles. The van der Waals surface area contributed by atoms with Gasteiger partial charge in [-0.3, -0.25) is 5.32 Å². The van der Waals surface area contributed by atoms with E-state index in [1.165, 1.54) is 0 Å². The van der Waals surface area contributed by atoms with Crippen LogP contribution in [-0.2, 0) is 14.3 Å². The van der Waals surface area contributed by atoms with Crippen LogP contribution in [-0.4, -0.2) is 24.3 Å². The molecule has 0 spiro atoms. The first kappa shape index (κ1) is 15.5. The van der Waals surface area contributed by atoms with Crippen LogP contribution < -0.4 is 5.32 Å². The minimum Gasteiger partial charge on any atom is -0.461 e. The third kappa shape index (κ3) is 7.38. The molecule has 0 saturated heterocycles. The van der Waals surface area contributed by atoms with Crippen molar-refractivity contribution in [3.63, 3.8) is 0 Å². The summed E-state index contributed by atoms with van der Waals surface area (Å²) in [5, 5.41) is 2.38. The Bertz CT molecular complexity index is 302. The monoisotopic (exact) mass is 243 g/mol. The van der Waals surface area contributed by atoms with Crippen molar-refractivity contribution in [1.82, 2.24) is 5.32 Å². The second-order valence-corrected chi connectivity index (χ2v) is 4.37. The first-order valence-electron chi connectivity index (χ1n) is 5.67. The molecule has 0 saturated carbocycles. The molecule has 0 heterocycles. The van der Waals surface area contributed by atoms with Gasteiger partial charge in [0.15, 0.2) is 0 Å². The summed E-state index contributed by atoms with van der Waals surface area (Å²) in [6.45, 7) is 9.07. The molecular formula is C12H21NO4. The van der Waals surface area contributed by atoms with Gasteiger partial charge in [-0.1, -0.05) is 13.0 Å². The van der Waals surface area contributed by atoms with E-state index in [2.05, 4.69) is 5.32 Å². The molecule has 0 unspecified atom stereocenters. The number of amides is 1. The highest BCUT2D eigenvalue weighted by atomic mass is 16.6. The number of allylic oxidation sites excluding steroid dienone is 1. The zero-order valence-electron chi connectivity index (χ0n) is 11.1. The van der Waals surface area contributed by atoms with Gasteiger partial charge in [0.25, 0.3) is 0 Å². The quantitative estimate of drug-likeness (QED) is 0.608. The van der Waals surface area contributed by atoms with Crippen LogP contribution in [0.25, 0.3) is 0 Å². The van der Waals surface area contributed by atoms with Crippen LogP contribution in [0.3, 0.4) is 0 Å². The molecule has 0 bridgehead atoms. The van der Waals surface area contributed by atoms with Gasteiger partial charge in [-0.2, -0.15) is 0 Å². The second kappa shape index (κ2) is 6.93. The van der Waals surface area contributed by atoms with Gasteiger partial charge in [-0.25, -0.2) is 9.59 Å². The van der Waals surface area contributed by atoms with Crippen molar-refractivity contribution in [1.29, 1.82) is 0 Å². The summed E-state index contributed by atoms with van der Waals surface area (Å²) in [5.41, 5.74) is -0.487. The number of nitrogens with one attached hydrogen (secondary N) is 1. The van der Waals surface area contributed by atoms with E-state index in [0.717, 1.165) is 0 Å². The number of ether oxygens (including phenoxy) is 2. The highest BCUT2D eigenvalue weighted by molar-refractivity contribution is 5.92. The van der Waals surface area contributed by atoms with Crippen LogP contribution in [0.4, 0.5) is 4.79 Å². The third-order valence-corrected chi connectivity index (χ3v) is 1.54. The van der Waals surface area contributed by atoms with E-state index in [-0.39, 0.29) is 12.3 Å². The number of carbonyl (C=O) groups is 2. The number of alkyl carbamates (subject to hydrolysis) is 1. The van der Waals surface area contributed by atoms with E-state index in [1.54, 1.807) is 33.8 Å². The second-order valence-electron chi connectivity index (χ2n) is 4.37. The molecule has 1 N–H and O–H groups in total. The highest BCUT2D eigenvalue weighted by Crippen LogP contribution is 2.07. The Morgan fingerprint density at radius 1 is 1.24 bits per heavy atom. The molecule has 98 valence electrons. The summed E-state index contributed by atoms with van der Waals surface area (Å²) in [5.74, 6) is -0.555. The minimum atomic E-state index is -0.662. The molecule has 0 aliphatic heterocycles. The SMILES string of the molecule is CC/C=C(\NC(=O)OC(C)(C)C)C(=O)OCC. The first-order valence-corrected chi connectivity index (χ1v) is 5.67. The summed E-state index contributed by atoms with van der Waals surface area (Å²) in [6.07, 6.45) is 1.54. The molecule has 0 fully saturated rings. The van der Waals surface area contributed by atoms with E-state index in [1.807, 2.05) is 6.92 Å². The molecule has 0 radical (unpaired) electrons. The topological polar surface area (TPSA) is 64.6 Å².